The third-order valence-electron chi connectivity index (χ3n) is 4.90. The quantitative estimate of drug-likeness (QED) is 0.188. The zero-order chi connectivity index (χ0) is 23.3. The Balaban J connectivity index is 1.42. The molecule has 178 valence electrons. The van der Waals surface area contributed by atoms with Crippen LogP contribution in [0.15, 0.2) is 30.3 Å². The van der Waals surface area contributed by atoms with Gasteiger partial charge in [-0.1, -0.05) is 65.3 Å². The maximum atomic E-state index is 10.3. The summed E-state index contributed by atoms with van der Waals surface area (Å²) in [6.07, 6.45) is 3.52. The summed E-state index contributed by atoms with van der Waals surface area (Å²) in [5, 5.41) is 15.4. The molecule has 1 atom stereocenters. The zero-order valence-corrected chi connectivity index (χ0v) is 20.9. The van der Waals surface area contributed by atoms with E-state index in [0.29, 0.717) is 64.3 Å². The highest BCUT2D eigenvalue weighted by Crippen LogP contribution is 2.31. The van der Waals surface area contributed by atoms with E-state index in [-0.39, 0.29) is 0 Å². The highest BCUT2D eigenvalue weighted by molar-refractivity contribution is 6.39. The van der Waals surface area contributed by atoms with Gasteiger partial charge in [-0.2, -0.15) is 0 Å². The van der Waals surface area contributed by atoms with Crippen LogP contribution in [-0.4, -0.2) is 38.0 Å². The molecule has 0 bridgehead atoms. The van der Waals surface area contributed by atoms with Gasteiger partial charge < -0.3 is 25.6 Å². The first-order valence-corrected chi connectivity index (χ1v) is 12.1. The summed E-state index contributed by atoms with van der Waals surface area (Å²) in [6, 6.07) is 8.70. The minimum absolute atomic E-state index is 0.329. The molecule has 0 spiro atoms. The maximum Gasteiger partial charge on any atom is 0.0915 e. The van der Waals surface area contributed by atoms with Crippen LogP contribution in [0.4, 0.5) is 5.69 Å². The van der Waals surface area contributed by atoms with Crippen molar-refractivity contribution in [3.63, 3.8) is 0 Å². The van der Waals surface area contributed by atoms with Crippen molar-refractivity contribution in [2.24, 2.45) is 0 Å². The fraction of sp³-hybridized carbons (Fsp3) is 0.478. The van der Waals surface area contributed by atoms with Crippen LogP contribution in [0.3, 0.4) is 0 Å². The molecule has 0 radical (unpaired) electrons. The molecule has 0 fully saturated rings. The number of nitrogen functional groups attached to an aromatic ring is 1. The van der Waals surface area contributed by atoms with Crippen molar-refractivity contribution in [1.82, 2.24) is 5.32 Å². The van der Waals surface area contributed by atoms with Gasteiger partial charge >= 0.3 is 0 Å². The second-order valence-corrected chi connectivity index (χ2v) is 9.03. The fourth-order valence-electron chi connectivity index (χ4n) is 3.02. The number of unbranched alkanes of at least 4 members (excludes halogenated alkanes) is 3. The number of halogens is 4. The molecule has 4 N–H and O–H groups in total. The summed E-state index contributed by atoms with van der Waals surface area (Å²) in [5.41, 5.74) is 7.50. The molecule has 0 aliphatic rings. The Labute approximate surface area is 210 Å². The first-order valence-electron chi connectivity index (χ1n) is 10.6. The number of hydrogen-bond donors (Lipinski definition) is 3. The predicted molar refractivity (Wildman–Crippen MR) is 134 cm³/mol. The molecule has 5 nitrogen and oxygen atoms in total. The molecule has 0 amide bonds. The van der Waals surface area contributed by atoms with Crippen molar-refractivity contribution in [2.45, 2.75) is 38.4 Å². The SMILES string of the molecule is Nc1c(Cl)cc([C@@H](O)CNCCCCCCOCCOCc2c(Cl)cccc2Cl)cc1Cl. The third-order valence-corrected chi connectivity index (χ3v) is 6.23. The lowest BCUT2D eigenvalue weighted by Crippen LogP contribution is -2.22. The van der Waals surface area contributed by atoms with E-state index in [1.54, 1.807) is 24.3 Å². The standard InChI is InChI=1S/C23H30Cl4N2O3/c24-18-6-5-7-19(25)17(18)15-32-11-10-31-9-4-2-1-3-8-29-14-22(30)16-12-20(26)23(28)21(27)13-16/h5-7,12-13,22,29-30H,1-4,8-11,14-15,28H2/t22-/m0/s1. The Morgan fingerprint density at radius 1 is 0.844 bits per heavy atom. The van der Waals surface area contributed by atoms with Crippen LogP contribution in [0.5, 0.6) is 0 Å². The van der Waals surface area contributed by atoms with Crippen molar-refractivity contribution >= 4 is 52.1 Å². The van der Waals surface area contributed by atoms with Gasteiger partial charge in [0.25, 0.3) is 0 Å². The maximum absolute atomic E-state index is 10.3. The first-order chi connectivity index (χ1) is 15.4. The number of aliphatic hydroxyl groups is 1. The lowest BCUT2D eigenvalue weighted by atomic mass is 10.1. The lowest BCUT2D eigenvalue weighted by molar-refractivity contribution is 0.0393. The number of anilines is 1. The summed E-state index contributed by atoms with van der Waals surface area (Å²) in [4.78, 5) is 0. The Bertz CT molecular complexity index is 796. The van der Waals surface area contributed by atoms with Crippen LogP contribution in [0.1, 0.15) is 42.9 Å². The average Bonchev–Trinajstić information content (AvgIpc) is 2.76. The van der Waals surface area contributed by atoms with Gasteiger partial charge in [0.1, 0.15) is 0 Å². The van der Waals surface area contributed by atoms with E-state index >= 15 is 0 Å². The number of nitrogens with two attached hydrogens (primary N) is 1. The van der Waals surface area contributed by atoms with Crippen molar-refractivity contribution < 1.29 is 14.6 Å². The molecule has 2 aromatic carbocycles. The van der Waals surface area contributed by atoms with Crippen molar-refractivity contribution in [1.29, 1.82) is 0 Å². The minimum atomic E-state index is -0.685. The lowest BCUT2D eigenvalue weighted by Gasteiger charge is -2.14. The van der Waals surface area contributed by atoms with Gasteiger partial charge in [-0.15, -0.1) is 0 Å². The summed E-state index contributed by atoms with van der Waals surface area (Å²) in [7, 11) is 0. The van der Waals surface area contributed by atoms with Gasteiger partial charge in [0.15, 0.2) is 0 Å². The second-order valence-electron chi connectivity index (χ2n) is 7.40. The van der Waals surface area contributed by atoms with E-state index in [1.807, 2.05) is 6.07 Å². The minimum Gasteiger partial charge on any atom is -0.396 e. The number of aliphatic hydroxyl groups excluding tert-OH is 1. The predicted octanol–water partition coefficient (Wildman–Crippen LogP) is 6.30. The number of rotatable bonds is 15. The van der Waals surface area contributed by atoms with Gasteiger partial charge in [-0.3, -0.25) is 0 Å². The third kappa shape index (κ3) is 9.62. The number of hydrogen-bond acceptors (Lipinski definition) is 5. The Morgan fingerprint density at radius 3 is 2.16 bits per heavy atom. The molecule has 0 unspecified atom stereocenters. The monoisotopic (exact) mass is 522 g/mol. The Hall–Kier alpha value is -0.760. The van der Waals surface area contributed by atoms with Gasteiger partial charge in [-0.25, -0.2) is 0 Å². The van der Waals surface area contributed by atoms with Crippen molar-refractivity contribution in [2.75, 3.05) is 38.6 Å². The molecule has 0 aromatic heterocycles. The van der Waals surface area contributed by atoms with Gasteiger partial charge in [-0.05, 0) is 49.2 Å². The van der Waals surface area contributed by atoms with Gasteiger partial charge in [0.2, 0.25) is 0 Å². The molecule has 0 aliphatic carbocycles. The van der Waals surface area contributed by atoms with Crippen LogP contribution in [-0.2, 0) is 16.1 Å². The molecule has 32 heavy (non-hydrogen) atoms. The number of benzene rings is 2. The molecular weight excluding hydrogens is 494 g/mol. The van der Waals surface area contributed by atoms with Crippen LogP contribution in [0.2, 0.25) is 20.1 Å². The highest BCUT2D eigenvalue weighted by atomic mass is 35.5. The number of ether oxygens (including phenoxy) is 2. The van der Waals surface area contributed by atoms with Crippen molar-refractivity contribution in [3.8, 4) is 0 Å². The second kappa shape index (κ2) is 15.2. The largest absolute Gasteiger partial charge is 0.396 e. The molecule has 2 rings (SSSR count). The van der Waals surface area contributed by atoms with Crippen LogP contribution >= 0.6 is 46.4 Å². The molecule has 0 aliphatic heterocycles. The van der Waals surface area contributed by atoms with E-state index in [4.69, 9.17) is 61.6 Å². The molecule has 2 aromatic rings. The first kappa shape index (κ1) is 27.5. The Morgan fingerprint density at radius 2 is 1.47 bits per heavy atom. The normalized spacial score (nSPS) is 12.3. The number of nitrogens with one attached hydrogen (secondary N) is 1. The highest BCUT2D eigenvalue weighted by Gasteiger charge is 2.12. The van der Waals surface area contributed by atoms with E-state index in [1.165, 1.54) is 0 Å². The van der Waals surface area contributed by atoms with E-state index < -0.39 is 6.10 Å². The van der Waals surface area contributed by atoms with Crippen LogP contribution in [0.25, 0.3) is 0 Å². The van der Waals surface area contributed by atoms with E-state index in [2.05, 4.69) is 5.32 Å². The van der Waals surface area contributed by atoms with Gasteiger partial charge in [0.05, 0.1) is 41.7 Å². The molecule has 0 saturated heterocycles. The van der Waals surface area contributed by atoms with Crippen molar-refractivity contribution in [3.05, 3.63) is 61.5 Å². The molecular formula is C23H30Cl4N2O3. The summed E-state index contributed by atoms with van der Waals surface area (Å²) >= 11 is 24.2. The van der Waals surface area contributed by atoms with Gasteiger partial charge in [0, 0.05) is 28.8 Å². The summed E-state index contributed by atoms with van der Waals surface area (Å²) in [5.74, 6) is 0. The van der Waals surface area contributed by atoms with Crippen LogP contribution in [0, 0.1) is 0 Å². The fourth-order valence-corrected chi connectivity index (χ4v) is 4.04. The molecule has 9 heteroatoms. The average molecular weight is 524 g/mol. The summed E-state index contributed by atoms with van der Waals surface area (Å²) < 4.78 is 11.2. The van der Waals surface area contributed by atoms with E-state index in [9.17, 15) is 5.11 Å². The zero-order valence-electron chi connectivity index (χ0n) is 17.9. The molecule has 0 saturated carbocycles. The summed E-state index contributed by atoms with van der Waals surface area (Å²) in [6.45, 7) is 3.38. The topological polar surface area (TPSA) is 76.7 Å². The van der Waals surface area contributed by atoms with E-state index in [0.717, 1.165) is 37.8 Å². The smallest absolute Gasteiger partial charge is 0.0915 e. The van der Waals surface area contributed by atoms with Crippen LogP contribution < -0.4 is 11.1 Å². The molecule has 0 heterocycles. The Kier molecular flexibility index (Phi) is 13.1.